The van der Waals surface area contributed by atoms with Gasteiger partial charge in [-0.25, -0.2) is 4.79 Å². The van der Waals surface area contributed by atoms with E-state index in [1.807, 2.05) is 6.07 Å². The average Bonchev–Trinajstić information content (AvgIpc) is 2.16. The fourth-order valence-corrected chi connectivity index (χ4v) is 1.19. The second kappa shape index (κ2) is 4.24. The predicted molar refractivity (Wildman–Crippen MR) is 52.8 cm³/mol. The molecular formula is C11H9NO2. The van der Waals surface area contributed by atoms with Gasteiger partial charge in [-0.2, -0.15) is 5.26 Å². The van der Waals surface area contributed by atoms with Gasteiger partial charge in [0.05, 0.1) is 11.6 Å². The van der Waals surface area contributed by atoms with Crippen LogP contribution in [0, 0.1) is 18.3 Å². The Bertz CT molecular complexity index is 427. The van der Waals surface area contributed by atoms with Gasteiger partial charge in [0.2, 0.25) is 0 Å². The number of nitriles is 1. The van der Waals surface area contributed by atoms with Crippen molar-refractivity contribution in [2.24, 2.45) is 0 Å². The number of nitrogens with zero attached hydrogens (tertiary/aromatic N) is 1. The summed E-state index contributed by atoms with van der Waals surface area (Å²) in [4.78, 5) is 10.8. The van der Waals surface area contributed by atoms with Gasteiger partial charge in [-0.15, -0.1) is 0 Å². The van der Waals surface area contributed by atoms with Crippen molar-refractivity contribution in [1.29, 1.82) is 5.26 Å². The average molecular weight is 187 g/mol. The smallest absolute Gasteiger partial charge is 0.335 e. The number of aromatic carboxylic acids is 1. The molecule has 1 N–H and O–H groups in total. The monoisotopic (exact) mass is 187 g/mol. The van der Waals surface area contributed by atoms with Gasteiger partial charge in [-0.05, 0) is 30.2 Å². The Labute approximate surface area is 81.9 Å². The van der Waals surface area contributed by atoms with Crippen molar-refractivity contribution in [3.8, 4) is 6.07 Å². The summed E-state index contributed by atoms with van der Waals surface area (Å²) < 4.78 is 0. The molecule has 0 atom stereocenters. The summed E-state index contributed by atoms with van der Waals surface area (Å²) in [6.07, 6.45) is 2.93. The highest BCUT2D eigenvalue weighted by atomic mass is 16.4. The molecule has 0 radical (unpaired) electrons. The normalized spacial score (nSPS) is 10.0. The third-order valence-electron chi connectivity index (χ3n) is 1.94. The molecule has 0 bridgehead atoms. The predicted octanol–water partition coefficient (Wildman–Crippen LogP) is 2.23. The summed E-state index contributed by atoms with van der Waals surface area (Å²) in [7, 11) is 0. The second-order valence-corrected chi connectivity index (χ2v) is 2.79. The van der Waals surface area contributed by atoms with E-state index in [4.69, 9.17) is 10.4 Å². The van der Waals surface area contributed by atoms with Gasteiger partial charge >= 0.3 is 5.97 Å². The highest BCUT2D eigenvalue weighted by Gasteiger charge is 2.07. The zero-order chi connectivity index (χ0) is 10.6. The fourth-order valence-electron chi connectivity index (χ4n) is 1.19. The number of carboxylic acids is 1. The number of hydrogen-bond acceptors (Lipinski definition) is 2. The zero-order valence-electron chi connectivity index (χ0n) is 7.69. The lowest BCUT2D eigenvalue weighted by molar-refractivity contribution is 0.0696. The van der Waals surface area contributed by atoms with Gasteiger partial charge in [0.1, 0.15) is 0 Å². The first-order valence-corrected chi connectivity index (χ1v) is 4.06. The van der Waals surface area contributed by atoms with E-state index >= 15 is 0 Å². The molecule has 70 valence electrons. The molecule has 3 heteroatoms. The van der Waals surface area contributed by atoms with E-state index < -0.39 is 5.97 Å². The molecule has 1 aromatic carbocycles. The van der Waals surface area contributed by atoms with Crippen molar-refractivity contribution in [1.82, 2.24) is 0 Å². The fraction of sp³-hybridized carbons (Fsp3) is 0.0909. The minimum Gasteiger partial charge on any atom is -0.478 e. The maximum atomic E-state index is 10.8. The first-order valence-electron chi connectivity index (χ1n) is 4.06. The topological polar surface area (TPSA) is 61.1 Å². The molecule has 1 rings (SSSR count). The van der Waals surface area contributed by atoms with Gasteiger partial charge in [-0.3, -0.25) is 0 Å². The first-order chi connectivity index (χ1) is 6.66. The van der Waals surface area contributed by atoms with E-state index in [-0.39, 0.29) is 5.56 Å². The number of carbonyl (C=O) groups is 1. The summed E-state index contributed by atoms with van der Waals surface area (Å²) in [5.41, 5.74) is 1.70. The summed E-state index contributed by atoms with van der Waals surface area (Å²) >= 11 is 0. The van der Waals surface area contributed by atoms with E-state index in [1.54, 1.807) is 31.2 Å². The molecule has 14 heavy (non-hydrogen) atoms. The van der Waals surface area contributed by atoms with Gasteiger partial charge in [0.25, 0.3) is 0 Å². The van der Waals surface area contributed by atoms with Crippen LogP contribution in [-0.4, -0.2) is 11.1 Å². The van der Waals surface area contributed by atoms with Gasteiger partial charge < -0.3 is 5.11 Å². The molecule has 0 aromatic heterocycles. The van der Waals surface area contributed by atoms with Crippen LogP contribution in [-0.2, 0) is 0 Å². The molecule has 0 heterocycles. The number of hydrogen-bond donors (Lipinski definition) is 1. The zero-order valence-corrected chi connectivity index (χ0v) is 7.69. The van der Waals surface area contributed by atoms with Crippen molar-refractivity contribution >= 4 is 12.0 Å². The lowest BCUT2D eigenvalue weighted by Gasteiger charge is -2.03. The Morgan fingerprint density at radius 2 is 2.29 bits per heavy atom. The largest absolute Gasteiger partial charge is 0.478 e. The van der Waals surface area contributed by atoms with E-state index in [0.29, 0.717) is 5.56 Å². The van der Waals surface area contributed by atoms with Crippen molar-refractivity contribution in [2.45, 2.75) is 6.92 Å². The number of benzene rings is 1. The van der Waals surface area contributed by atoms with Crippen LogP contribution in [0.1, 0.15) is 21.5 Å². The van der Waals surface area contributed by atoms with Crippen LogP contribution in [0.15, 0.2) is 24.3 Å². The van der Waals surface area contributed by atoms with Crippen LogP contribution >= 0.6 is 0 Å². The van der Waals surface area contributed by atoms with E-state index in [0.717, 1.165) is 5.56 Å². The number of allylic oxidation sites excluding steroid dienone is 1. The Kier molecular flexibility index (Phi) is 3.03. The van der Waals surface area contributed by atoms with Gasteiger partial charge in [0.15, 0.2) is 0 Å². The molecule has 0 aliphatic rings. The SMILES string of the molecule is Cc1c(C=CC#N)cccc1C(=O)O. The molecule has 0 fully saturated rings. The van der Waals surface area contributed by atoms with Crippen LogP contribution in [0.2, 0.25) is 0 Å². The molecule has 0 saturated carbocycles. The minimum atomic E-state index is -0.949. The maximum Gasteiger partial charge on any atom is 0.335 e. The summed E-state index contributed by atoms with van der Waals surface area (Å²) in [6, 6.07) is 6.84. The first kappa shape index (κ1) is 10.0. The maximum absolute atomic E-state index is 10.8. The van der Waals surface area contributed by atoms with E-state index in [2.05, 4.69) is 0 Å². The third kappa shape index (κ3) is 1.99. The molecule has 0 aliphatic carbocycles. The standard InChI is InChI=1S/C11H9NO2/c1-8-9(5-3-7-12)4-2-6-10(8)11(13)14/h2-6H,1H3,(H,13,14). The quantitative estimate of drug-likeness (QED) is 0.722. The molecule has 0 saturated heterocycles. The van der Waals surface area contributed by atoms with Crippen LogP contribution in [0.25, 0.3) is 6.08 Å². The van der Waals surface area contributed by atoms with Crippen LogP contribution in [0.4, 0.5) is 0 Å². The highest BCUT2D eigenvalue weighted by molar-refractivity contribution is 5.90. The summed E-state index contributed by atoms with van der Waals surface area (Å²) in [5.74, 6) is -0.949. The lowest BCUT2D eigenvalue weighted by Crippen LogP contribution is -2.00. The summed E-state index contributed by atoms with van der Waals surface area (Å²) in [6.45, 7) is 1.72. The van der Waals surface area contributed by atoms with Crippen molar-refractivity contribution in [3.63, 3.8) is 0 Å². The lowest BCUT2D eigenvalue weighted by atomic mass is 10.0. The molecular weight excluding hydrogens is 178 g/mol. The molecule has 0 amide bonds. The third-order valence-corrected chi connectivity index (χ3v) is 1.94. The Morgan fingerprint density at radius 1 is 1.57 bits per heavy atom. The van der Waals surface area contributed by atoms with Crippen LogP contribution in [0.5, 0.6) is 0 Å². The van der Waals surface area contributed by atoms with Crippen LogP contribution in [0.3, 0.4) is 0 Å². The van der Waals surface area contributed by atoms with Crippen molar-refractivity contribution in [2.75, 3.05) is 0 Å². The molecule has 0 spiro atoms. The minimum absolute atomic E-state index is 0.269. The second-order valence-electron chi connectivity index (χ2n) is 2.79. The van der Waals surface area contributed by atoms with E-state index in [9.17, 15) is 4.79 Å². The molecule has 3 nitrogen and oxygen atoms in total. The van der Waals surface area contributed by atoms with Crippen LogP contribution < -0.4 is 0 Å². The van der Waals surface area contributed by atoms with Crippen molar-refractivity contribution < 1.29 is 9.90 Å². The highest BCUT2D eigenvalue weighted by Crippen LogP contribution is 2.15. The van der Waals surface area contributed by atoms with E-state index in [1.165, 1.54) is 6.08 Å². The van der Waals surface area contributed by atoms with Crippen molar-refractivity contribution in [3.05, 3.63) is 41.0 Å². The Balaban J connectivity index is 3.22. The summed E-state index contributed by atoms with van der Waals surface area (Å²) in [5, 5.41) is 17.2. The molecule has 0 unspecified atom stereocenters. The Hall–Kier alpha value is -2.08. The van der Waals surface area contributed by atoms with Gasteiger partial charge in [-0.1, -0.05) is 12.1 Å². The number of carboxylic acid groups (broad SMARTS) is 1. The number of rotatable bonds is 2. The molecule has 0 aliphatic heterocycles. The molecule has 1 aromatic rings. The van der Waals surface area contributed by atoms with Gasteiger partial charge in [0, 0.05) is 6.08 Å². The Morgan fingerprint density at radius 3 is 2.86 bits per heavy atom.